The van der Waals surface area contributed by atoms with Gasteiger partial charge in [0.2, 0.25) is 5.91 Å². The van der Waals surface area contributed by atoms with Crippen LogP contribution in [0.5, 0.6) is 0 Å². The Hall–Kier alpha value is -1.79. The summed E-state index contributed by atoms with van der Waals surface area (Å²) in [6.07, 6.45) is 0.922. The second-order valence-electron chi connectivity index (χ2n) is 4.83. The molecule has 0 radical (unpaired) electrons. The van der Waals surface area contributed by atoms with Crippen LogP contribution in [0.4, 0.5) is 4.79 Å². The number of amides is 3. The number of nitrogens with one attached hydrogen (secondary N) is 2. The van der Waals surface area contributed by atoms with Crippen LogP contribution in [0.1, 0.15) is 26.7 Å². The van der Waals surface area contributed by atoms with Crippen molar-refractivity contribution in [3.63, 3.8) is 0 Å². The van der Waals surface area contributed by atoms with E-state index in [-0.39, 0.29) is 24.3 Å². The Morgan fingerprint density at radius 2 is 2.00 bits per heavy atom. The summed E-state index contributed by atoms with van der Waals surface area (Å²) in [5.74, 6) is -1.04. The number of hydrogen-bond acceptors (Lipinski definition) is 3. The second kappa shape index (κ2) is 6.96. The lowest BCUT2D eigenvalue weighted by atomic mass is 9.97. The standard InChI is InChI=1S/C12H21N3O4/c1-3-4-13-11(18)8(2)14-12(19)15-6-9(7-15)5-10(16)17/h8-9H,3-7H2,1-2H3,(H,13,18)(H,14,19)(H,16,17). The second-order valence-corrected chi connectivity index (χ2v) is 4.83. The van der Waals surface area contributed by atoms with Crippen LogP contribution in [0.25, 0.3) is 0 Å². The van der Waals surface area contributed by atoms with E-state index < -0.39 is 12.0 Å². The molecule has 7 heteroatoms. The Balaban J connectivity index is 2.25. The summed E-state index contributed by atoms with van der Waals surface area (Å²) in [5.41, 5.74) is 0. The Labute approximate surface area is 112 Å². The number of nitrogens with zero attached hydrogens (tertiary/aromatic N) is 1. The number of carboxylic acid groups (broad SMARTS) is 1. The number of urea groups is 1. The van der Waals surface area contributed by atoms with Gasteiger partial charge in [-0.1, -0.05) is 6.92 Å². The maximum absolute atomic E-state index is 11.7. The van der Waals surface area contributed by atoms with Gasteiger partial charge < -0.3 is 20.6 Å². The van der Waals surface area contributed by atoms with Crippen LogP contribution in [0.3, 0.4) is 0 Å². The molecule has 0 aliphatic carbocycles. The molecule has 1 atom stereocenters. The fourth-order valence-electron chi connectivity index (χ4n) is 1.86. The van der Waals surface area contributed by atoms with E-state index in [1.165, 1.54) is 4.90 Å². The molecule has 19 heavy (non-hydrogen) atoms. The highest BCUT2D eigenvalue weighted by Gasteiger charge is 2.32. The summed E-state index contributed by atoms with van der Waals surface area (Å²) in [6, 6.07) is -0.904. The fraction of sp³-hybridized carbons (Fsp3) is 0.750. The van der Waals surface area contributed by atoms with Crippen LogP contribution < -0.4 is 10.6 Å². The van der Waals surface area contributed by atoms with Gasteiger partial charge in [0.15, 0.2) is 0 Å². The molecule has 0 saturated carbocycles. The van der Waals surface area contributed by atoms with E-state index in [1.54, 1.807) is 6.92 Å². The molecule has 108 valence electrons. The first kappa shape index (κ1) is 15.3. The highest BCUT2D eigenvalue weighted by molar-refractivity contribution is 5.86. The minimum absolute atomic E-state index is 0.0208. The van der Waals surface area contributed by atoms with Crippen molar-refractivity contribution in [3.05, 3.63) is 0 Å². The van der Waals surface area contributed by atoms with E-state index in [2.05, 4.69) is 10.6 Å². The van der Waals surface area contributed by atoms with E-state index in [1.807, 2.05) is 6.92 Å². The predicted molar refractivity (Wildman–Crippen MR) is 68.6 cm³/mol. The Morgan fingerprint density at radius 3 is 2.53 bits per heavy atom. The fourth-order valence-corrected chi connectivity index (χ4v) is 1.86. The molecular weight excluding hydrogens is 250 g/mol. The van der Waals surface area contributed by atoms with Gasteiger partial charge in [-0.3, -0.25) is 9.59 Å². The molecular formula is C12H21N3O4. The summed E-state index contributed by atoms with van der Waals surface area (Å²) in [5, 5.41) is 13.9. The van der Waals surface area contributed by atoms with E-state index in [4.69, 9.17) is 5.11 Å². The number of likely N-dealkylation sites (tertiary alicyclic amines) is 1. The first-order chi connectivity index (χ1) is 8.93. The van der Waals surface area contributed by atoms with E-state index in [9.17, 15) is 14.4 Å². The van der Waals surface area contributed by atoms with E-state index >= 15 is 0 Å². The molecule has 0 aromatic heterocycles. The molecule has 0 bridgehead atoms. The molecule has 1 aliphatic heterocycles. The molecule has 0 aromatic rings. The van der Waals surface area contributed by atoms with Crippen LogP contribution in [-0.2, 0) is 9.59 Å². The molecule has 1 fully saturated rings. The number of carboxylic acids is 1. The zero-order chi connectivity index (χ0) is 14.4. The Bertz CT molecular complexity index is 353. The van der Waals surface area contributed by atoms with E-state index in [0.717, 1.165) is 6.42 Å². The first-order valence-corrected chi connectivity index (χ1v) is 6.49. The van der Waals surface area contributed by atoms with Crippen molar-refractivity contribution < 1.29 is 19.5 Å². The molecule has 3 N–H and O–H groups in total. The molecule has 3 amide bonds. The maximum atomic E-state index is 11.7. The van der Waals surface area contributed by atoms with E-state index in [0.29, 0.717) is 19.6 Å². The molecule has 7 nitrogen and oxygen atoms in total. The largest absolute Gasteiger partial charge is 0.481 e. The van der Waals surface area contributed by atoms with Gasteiger partial charge >= 0.3 is 12.0 Å². The van der Waals surface area contributed by atoms with Crippen molar-refractivity contribution in [2.45, 2.75) is 32.7 Å². The van der Waals surface area contributed by atoms with Crippen molar-refractivity contribution in [1.29, 1.82) is 0 Å². The third-order valence-electron chi connectivity index (χ3n) is 2.99. The first-order valence-electron chi connectivity index (χ1n) is 6.49. The minimum Gasteiger partial charge on any atom is -0.481 e. The molecule has 0 aromatic carbocycles. The van der Waals surface area contributed by atoms with Crippen LogP contribution in [-0.4, -0.2) is 53.6 Å². The average molecular weight is 271 g/mol. The summed E-state index contributed by atoms with van der Waals surface area (Å²) >= 11 is 0. The summed E-state index contributed by atoms with van der Waals surface area (Å²) in [4.78, 5) is 35.3. The van der Waals surface area contributed by atoms with Crippen molar-refractivity contribution in [3.8, 4) is 0 Å². The highest BCUT2D eigenvalue weighted by atomic mass is 16.4. The van der Waals surface area contributed by atoms with Gasteiger partial charge in [-0.15, -0.1) is 0 Å². The smallest absolute Gasteiger partial charge is 0.318 e. The van der Waals surface area contributed by atoms with Gasteiger partial charge in [0.25, 0.3) is 0 Å². The summed E-state index contributed by atoms with van der Waals surface area (Å²) in [6.45, 7) is 5.02. The van der Waals surface area contributed by atoms with Crippen LogP contribution in [0.15, 0.2) is 0 Å². The van der Waals surface area contributed by atoms with Crippen LogP contribution in [0, 0.1) is 5.92 Å². The van der Waals surface area contributed by atoms with Crippen molar-refractivity contribution in [2.24, 2.45) is 5.92 Å². The lowest BCUT2D eigenvalue weighted by Crippen LogP contribution is -2.57. The number of carbonyl (C=O) groups is 3. The third-order valence-corrected chi connectivity index (χ3v) is 2.99. The zero-order valence-electron chi connectivity index (χ0n) is 11.3. The zero-order valence-corrected chi connectivity index (χ0v) is 11.3. The van der Waals surface area contributed by atoms with Gasteiger partial charge in [0.05, 0.1) is 6.42 Å². The van der Waals surface area contributed by atoms with Gasteiger partial charge in [-0.05, 0) is 13.3 Å². The predicted octanol–water partition coefficient (Wildman–Crippen LogP) is 0.0172. The maximum Gasteiger partial charge on any atom is 0.318 e. The number of carbonyl (C=O) groups excluding carboxylic acids is 2. The third kappa shape index (κ3) is 4.76. The molecule has 1 rings (SSSR count). The van der Waals surface area contributed by atoms with Gasteiger partial charge in [-0.25, -0.2) is 4.79 Å². The highest BCUT2D eigenvalue weighted by Crippen LogP contribution is 2.18. The molecule has 0 spiro atoms. The van der Waals surface area contributed by atoms with Gasteiger partial charge in [0.1, 0.15) is 6.04 Å². The average Bonchev–Trinajstić information content (AvgIpc) is 2.29. The van der Waals surface area contributed by atoms with Crippen molar-refractivity contribution in [2.75, 3.05) is 19.6 Å². The monoisotopic (exact) mass is 271 g/mol. The van der Waals surface area contributed by atoms with Crippen LogP contribution in [0.2, 0.25) is 0 Å². The number of hydrogen-bond donors (Lipinski definition) is 3. The minimum atomic E-state index is -0.850. The van der Waals surface area contributed by atoms with Gasteiger partial charge in [0, 0.05) is 25.6 Å². The number of aliphatic carboxylic acids is 1. The summed E-state index contributed by atoms with van der Waals surface area (Å²) in [7, 11) is 0. The molecule has 1 heterocycles. The van der Waals surface area contributed by atoms with Crippen molar-refractivity contribution >= 4 is 17.9 Å². The SMILES string of the molecule is CCCNC(=O)C(C)NC(=O)N1CC(CC(=O)O)C1. The Morgan fingerprint density at radius 1 is 1.37 bits per heavy atom. The van der Waals surface area contributed by atoms with Crippen LogP contribution >= 0.6 is 0 Å². The molecule has 1 saturated heterocycles. The molecule has 1 unspecified atom stereocenters. The quantitative estimate of drug-likeness (QED) is 0.634. The van der Waals surface area contributed by atoms with Gasteiger partial charge in [-0.2, -0.15) is 0 Å². The topological polar surface area (TPSA) is 98.7 Å². The Kier molecular flexibility index (Phi) is 5.59. The van der Waals surface area contributed by atoms with Crippen molar-refractivity contribution in [1.82, 2.24) is 15.5 Å². The molecule has 1 aliphatic rings. The summed E-state index contributed by atoms with van der Waals surface area (Å²) < 4.78 is 0. The lowest BCUT2D eigenvalue weighted by molar-refractivity contribution is -0.139. The normalized spacial score (nSPS) is 16.4. The number of rotatable bonds is 6. The lowest BCUT2D eigenvalue weighted by Gasteiger charge is -2.38.